The Kier molecular flexibility index (Phi) is 4.45. The fourth-order valence-electron chi connectivity index (χ4n) is 2.15. The second-order valence-electron chi connectivity index (χ2n) is 5.00. The summed E-state index contributed by atoms with van der Waals surface area (Å²) in [4.78, 5) is 2.29. The number of benzene rings is 2. The Morgan fingerprint density at radius 3 is 2.32 bits per heavy atom. The number of hydrogen-bond acceptors (Lipinski definition) is 2. The molecule has 0 spiro atoms. The predicted octanol–water partition coefficient (Wildman–Crippen LogP) is 3.85. The van der Waals surface area contributed by atoms with Crippen molar-refractivity contribution < 1.29 is 0 Å². The van der Waals surface area contributed by atoms with Crippen molar-refractivity contribution >= 4 is 11.4 Å². The van der Waals surface area contributed by atoms with Gasteiger partial charge in [0.25, 0.3) is 0 Å². The fourth-order valence-corrected chi connectivity index (χ4v) is 2.15. The first-order valence-electron chi connectivity index (χ1n) is 6.74. The van der Waals surface area contributed by atoms with Crippen molar-refractivity contribution in [1.29, 1.82) is 0 Å². The minimum atomic E-state index is 0.938. The molecule has 2 aromatic rings. The summed E-state index contributed by atoms with van der Waals surface area (Å²) in [5.74, 6) is 0. The Bertz CT molecular complexity index is 517. The highest BCUT2D eigenvalue weighted by Gasteiger charge is 2.02. The summed E-state index contributed by atoms with van der Waals surface area (Å²) in [6.07, 6.45) is 0. The van der Waals surface area contributed by atoms with Crippen LogP contribution in [0.1, 0.15) is 11.1 Å². The van der Waals surface area contributed by atoms with Gasteiger partial charge in [-0.3, -0.25) is 0 Å². The van der Waals surface area contributed by atoms with Crippen LogP contribution in [0.15, 0.2) is 48.5 Å². The highest BCUT2D eigenvalue weighted by Crippen LogP contribution is 2.17. The van der Waals surface area contributed by atoms with Gasteiger partial charge in [-0.05, 0) is 37.6 Å². The van der Waals surface area contributed by atoms with E-state index in [1.807, 2.05) is 0 Å². The van der Waals surface area contributed by atoms with Crippen LogP contribution in [0.5, 0.6) is 0 Å². The molecule has 0 aliphatic heterocycles. The molecule has 0 saturated carbocycles. The van der Waals surface area contributed by atoms with E-state index < -0.39 is 0 Å². The van der Waals surface area contributed by atoms with Crippen molar-refractivity contribution in [2.24, 2.45) is 0 Å². The van der Waals surface area contributed by atoms with Gasteiger partial charge in [-0.1, -0.05) is 35.9 Å². The number of aryl methyl sites for hydroxylation is 2. The van der Waals surface area contributed by atoms with Crippen LogP contribution >= 0.6 is 0 Å². The standard InChI is InChI=1S/C17H22N2/c1-14-8-10-16(11-9-14)18-12-13-19(3)17-7-5-4-6-15(17)2/h4-11,18H,12-13H2,1-3H3. The maximum absolute atomic E-state index is 3.45. The van der Waals surface area contributed by atoms with Crippen LogP contribution in [0.25, 0.3) is 0 Å². The summed E-state index contributed by atoms with van der Waals surface area (Å²) in [5.41, 5.74) is 5.10. The molecule has 100 valence electrons. The summed E-state index contributed by atoms with van der Waals surface area (Å²) in [6.45, 7) is 6.18. The van der Waals surface area contributed by atoms with Crippen molar-refractivity contribution in [1.82, 2.24) is 0 Å². The monoisotopic (exact) mass is 254 g/mol. The average Bonchev–Trinajstić information content (AvgIpc) is 2.41. The van der Waals surface area contributed by atoms with Crippen molar-refractivity contribution in [3.05, 3.63) is 59.7 Å². The van der Waals surface area contributed by atoms with Gasteiger partial charge in [-0.2, -0.15) is 0 Å². The third-order valence-corrected chi connectivity index (χ3v) is 3.35. The second-order valence-corrected chi connectivity index (χ2v) is 5.00. The lowest BCUT2D eigenvalue weighted by Crippen LogP contribution is -2.25. The maximum Gasteiger partial charge on any atom is 0.0393 e. The Morgan fingerprint density at radius 2 is 1.63 bits per heavy atom. The molecule has 0 aliphatic rings. The molecule has 0 heterocycles. The molecule has 0 saturated heterocycles. The first-order valence-corrected chi connectivity index (χ1v) is 6.74. The lowest BCUT2D eigenvalue weighted by atomic mass is 10.2. The molecule has 0 atom stereocenters. The number of likely N-dealkylation sites (N-methyl/N-ethyl adjacent to an activating group) is 1. The van der Waals surface area contributed by atoms with Gasteiger partial charge in [0, 0.05) is 31.5 Å². The van der Waals surface area contributed by atoms with Gasteiger partial charge in [-0.15, -0.1) is 0 Å². The lowest BCUT2D eigenvalue weighted by molar-refractivity contribution is 0.910. The molecule has 0 aliphatic carbocycles. The minimum Gasteiger partial charge on any atom is -0.383 e. The Balaban J connectivity index is 1.86. The van der Waals surface area contributed by atoms with E-state index in [-0.39, 0.29) is 0 Å². The molecule has 0 bridgehead atoms. The molecule has 0 radical (unpaired) electrons. The molecular weight excluding hydrogens is 232 g/mol. The Morgan fingerprint density at radius 1 is 0.947 bits per heavy atom. The Hall–Kier alpha value is -1.96. The van der Waals surface area contributed by atoms with Crippen LogP contribution in [0.3, 0.4) is 0 Å². The number of rotatable bonds is 5. The number of anilines is 2. The molecular formula is C17H22N2. The molecule has 0 aromatic heterocycles. The zero-order valence-corrected chi connectivity index (χ0v) is 12.0. The molecule has 2 nitrogen and oxygen atoms in total. The van der Waals surface area contributed by atoms with Gasteiger partial charge in [0.15, 0.2) is 0 Å². The minimum absolute atomic E-state index is 0.938. The SMILES string of the molecule is Cc1ccc(NCCN(C)c2ccccc2C)cc1. The van der Waals surface area contributed by atoms with Crippen molar-refractivity contribution in [3.8, 4) is 0 Å². The van der Waals surface area contributed by atoms with E-state index in [1.165, 1.54) is 22.5 Å². The molecule has 1 N–H and O–H groups in total. The summed E-state index contributed by atoms with van der Waals surface area (Å²) in [5, 5.41) is 3.45. The predicted molar refractivity (Wildman–Crippen MR) is 84.1 cm³/mol. The molecule has 0 unspecified atom stereocenters. The van der Waals surface area contributed by atoms with E-state index >= 15 is 0 Å². The van der Waals surface area contributed by atoms with Crippen LogP contribution in [-0.4, -0.2) is 20.1 Å². The highest BCUT2D eigenvalue weighted by atomic mass is 15.1. The number of nitrogens with one attached hydrogen (secondary N) is 1. The quantitative estimate of drug-likeness (QED) is 0.871. The maximum atomic E-state index is 3.45. The van der Waals surface area contributed by atoms with Crippen LogP contribution in [0, 0.1) is 13.8 Å². The number of para-hydroxylation sites is 1. The van der Waals surface area contributed by atoms with Gasteiger partial charge in [0.05, 0.1) is 0 Å². The van der Waals surface area contributed by atoms with E-state index in [0.717, 1.165) is 13.1 Å². The van der Waals surface area contributed by atoms with Crippen molar-refractivity contribution in [2.75, 3.05) is 30.4 Å². The summed E-state index contributed by atoms with van der Waals surface area (Å²) < 4.78 is 0. The summed E-state index contributed by atoms with van der Waals surface area (Å²) in [7, 11) is 2.14. The van der Waals surface area contributed by atoms with Gasteiger partial charge in [0.2, 0.25) is 0 Å². The van der Waals surface area contributed by atoms with Gasteiger partial charge >= 0.3 is 0 Å². The van der Waals surface area contributed by atoms with E-state index in [1.54, 1.807) is 0 Å². The molecule has 2 aromatic carbocycles. The third-order valence-electron chi connectivity index (χ3n) is 3.35. The Labute approximate surface area is 116 Å². The number of hydrogen-bond donors (Lipinski definition) is 1. The first-order chi connectivity index (χ1) is 9.16. The topological polar surface area (TPSA) is 15.3 Å². The molecule has 2 rings (SSSR count). The van der Waals surface area contributed by atoms with Gasteiger partial charge in [0.1, 0.15) is 0 Å². The first kappa shape index (κ1) is 13.5. The lowest BCUT2D eigenvalue weighted by Gasteiger charge is -2.21. The molecule has 2 heteroatoms. The molecule has 0 amide bonds. The van der Waals surface area contributed by atoms with E-state index in [0.29, 0.717) is 0 Å². The fraction of sp³-hybridized carbons (Fsp3) is 0.294. The summed E-state index contributed by atoms with van der Waals surface area (Å²) >= 11 is 0. The van der Waals surface area contributed by atoms with Crippen LogP contribution in [-0.2, 0) is 0 Å². The summed E-state index contributed by atoms with van der Waals surface area (Å²) in [6, 6.07) is 17.0. The largest absolute Gasteiger partial charge is 0.383 e. The van der Waals surface area contributed by atoms with Crippen LogP contribution in [0.2, 0.25) is 0 Å². The smallest absolute Gasteiger partial charge is 0.0393 e. The van der Waals surface area contributed by atoms with Gasteiger partial charge in [-0.25, -0.2) is 0 Å². The zero-order valence-electron chi connectivity index (χ0n) is 12.0. The molecule has 19 heavy (non-hydrogen) atoms. The van der Waals surface area contributed by atoms with E-state index in [9.17, 15) is 0 Å². The van der Waals surface area contributed by atoms with Crippen LogP contribution in [0.4, 0.5) is 11.4 Å². The van der Waals surface area contributed by atoms with Crippen molar-refractivity contribution in [2.45, 2.75) is 13.8 Å². The van der Waals surface area contributed by atoms with Gasteiger partial charge < -0.3 is 10.2 Å². The highest BCUT2D eigenvalue weighted by molar-refractivity contribution is 5.52. The third kappa shape index (κ3) is 3.75. The van der Waals surface area contributed by atoms with E-state index in [2.05, 4.69) is 79.6 Å². The van der Waals surface area contributed by atoms with Crippen molar-refractivity contribution in [3.63, 3.8) is 0 Å². The van der Waals surface area contributed by atoms with E-state index in [4.69, 9.17) is 0 Å². The second kappa shape index (κ2) is 6.28. The number of nitrogens with zero attached hydrogens (tertiary/aromatic N) is 1. The zero-order chi connectivity index (χ0) is 13.7. The average molecular weight is 254 g/mol. The normalized spacial score (nSPS) is 10.3. The van der Waals surface area contributed by atoms with Crippen LogP contribution < -0.4 is 10.2 Å². The molecule has 0 fully saturated rings.